The van der Waals surface area contributed by atoms with Crippen molar-refractivity contribution in [3.63, 3.8) is 0 Å². The largest absolute Gasteiger partial charge is 0.308 e. The molecule has 0 saturated carbocycles. The minimum Gasteiger partial charge on any atom is -0.308 e. The van der Waals surface area contributed by atoms with Crippen LogP contribution < -0.4 is 0 Å². The molecule has 1 rings (SSSR count). The molecule has 3 nitrogen and oxygen atoms in total. The first-order valence-electron chi connectivity index (χ1n) is 6.07. The van der Waals surface area contributed by atoms with Crippen molar-refractivity contribution in [3.05, 3.63) is 22.4 Å². The van der Waals surface area contributed by atoms with Crippen LogP contribution in [0.2, 0.25) is 0 Å². The fraction of sp³-hybridized carbons (Fsp3) is 0.615. The predicted molar refractivity (Wildman–Crippen MR) is 73.9 cm³/mol. The Morgan fingerprint density at radius 1 is 1.29 bits per heavy atom. The number of ketones is 1. The molecular formula is C13H22N2OS. The second-order valence-corrected chi connectivity index (χ2v) is 5.43. The molecule has 0 saturated heterocycles. The van der Waals surface area contributed by atoms with E-state index in [-0.39, 0.29) is 5.78 Å². The normalized spacial score (nSPS) is 11.4. The molecule has 4 heteroatoms. The van der Waals surface area contributed by atoms with Crippen molar-refractivity contribution in [3.8, 4) is 0 Å². The second-order valence-electron chi connectivity index (χ2n) is 4.48. The molecule has 1 heterocycles. The van der Waals surface area contributed by atoms with Crippen LogP contribution >= 0.6 is 11.3 Å². The van der Waals surface area contributed by atoms with Gasteiger partial charge in [-0.05, 0) is 38.5 Å². The van der Waals surface area contributed by atoms with Gasteiger partial charge in [0.15, 0.2) is 5.78 Å². The number of nitrogens with zero attached hydrogens (tertiary/aromatic N) is 2. The van der Waals surface area contributed by atoms with Crippen LogP contribution in [0.1, 0.15) is 23.0 Å². The van der Waals surface area contributed by atoms with Crippen molar-refractivity contribution >= 4 is 17.1 Å². The van der Waals surface area contributed by atoms with Crippen LogP contribution in [0, 0.1) is 0 Å². The molecule has 0 aliphatic heterocycles. The first-order valence-corrected chi connectivity index (χ1v) is 6.95. The van der Waals surface area contributed by atoms with E-state index >= 15 is 0 Å². The topological polar surface area (TPSA) is 23.6 Å². The van der Waals surface area contributed by atoms with E-state index in [1.165, 1.54) is 11.3 Å². The highest BCUT2D eigenvalue weighted by Crippen LogP contribution is 2.10. The zero-order valence-electron chi connectivity index (χ0n) is 11.0. The lowest BCUT2D eigenvalue weighted by Crippen LogP contribution is -2.36. The number of rotatable bonds is 8. The summed E-state index contributed by atoms with van der Waals surface area (Å²) >= 11 is 1.53. The molecule has 0 fully saturated rings. The van der Waals surface area contributed by atoms with Gasteiger partial charge in [0.05, 0.1) is 11.4 Å². The number of hydrogen-bond donors (Lipinski definition) is 0. The maximum Gasteiger partial charge on any atom is 0.186 e. The minimum absolute atomic E-state index is 0.243. The van der Waals surface area contributed by atoms with E-state index in [2.05, 4.69) is 30.8 Å². The molecular weight excluding hydrogens is 232 g/mol. The van der Waals surface area contributed by atoms with Crippen LogP contribution in [0.3, 0.4) is 0 Å². The number of Topliss-reactive ketones (excluding diaryl/α,β-unsaturated/α-hetero) is 1. The van der Waals surface area contributed by atoms with Gasteiger partial charge in [-0.25, -0.2) is 0 Å². The van der Waals surface area contributed by atoms with Crippen LogP contribution in [-0.4, -0.2) is 55.9 Å². The highest BCUT2D eigenvalue weighted by atomic mass is 32.1. The summed E-state index contributed by atoms with van der Waals surface area (Å²) in [5.74, 6) is 0.243. The molecule has 0 unspecified atom stereocenters. The highest BCUT2D eigenvalue weighted by Gasteiger charge is 2.12. The minimum atomic E-state index is 0.243. The first-order chi connectivity index (χ1) is 8.13. The fourth-order valence-electron chi connectivity index (χ4n) is 1.65. The van der Waals surface area contributed by atoms with Crippen LogP contribution in [0.25, 0.3) is 0 Å². The quantitative estimate of drug-likeness (QED) is 0.665. The second kappa shape index (κ2) is 7.58. The smallest absolute Gasteiger partial charge is 0.186 e. The summed E-state index contributed by atoms with van der Waals surface area (Å²) in [5.41, 5.74) is 0. The Bertz CT molecular complexity index is 322. The van der Waals surface area contributed by atoms with Crippen LogP contribution in [0.15, 0.2) is 17.5 Å². The summed E-state index contributed by atoms with van der Waals surface area (Å²) in [5, 5.41) is 1.96. The monoisotopic (exact) mass is 254 g/mol. The van der Waals surface area contributed by atoms with E-state index < -0.39 is 0 Å². The fourth-order valence-corrected chi connectivity index (χ4v) is 2.30. The summed E-state index contributed by atoms with van der Waals surface area (Å²) in [6.45, 7) is 5.64. The molecule has 0 radical (unpaired) electrons. The Hall–Kier alpha value is -0.710. The van der Waals surface area contributed by atoms with E-state index in [4.69, 9.17) is 0 Å². The van der Waals surface area contributed by atoms with Crippen molar-refractivity contribution in [2.75, 3.05) is 40.3 Å². The maximum atomic E-state index is 12.0. The molecule has 0 aliphatic carbocycles. The van der Waals surface area contributed by atoms with Crippen molar-refractivity contribution in [1.29, 1.82) is 0 Å². The lowest BCUT2D eigenvalue weighted by molar-refractivity contribution is 0.0929. The summed E-state index contributed by atoms with van der Waals surface area (Å²) in [7, 11) is 4.12. The van der Waals surface area contributed by atoms with Gasteiger partial charge in [0.1, 0.15) is 0 Å². The Morgan fingerprint density at radius 2 is 2.06 bits per heavy atom. The van der Waals surface area contributed by atoms with Gasteiger partial charge in [0.25, 0.3) is 0 Å². The van der Waals surface area contributed by atoms with E-state index in [1.807, 2.05) is 17.5 Å². The SMILES string of the molecule is CCCN(CCN(C)C)CC(=O)c1cccs1. The number of hydrogen-bond acceptors (Lipinski definition) is 4. The molecule has 0 spiro atoms. The summed E-state index contributed by atoms with van der Waals surface area (Å²) in [6.07, 6.45) is 1.09. The van der Waals surface area contributed by atoms with Crippen molar-refractivity contribution in [2.45, 2.75) is 13.3 Å². The first kappa shape index (κ1) is 14.4. The molecule has 0 atom stereocenters. The maximum absolute atomic E-state index is 12.0. The van der Waals surface area contributed by atoms with Gasteiger partial charge < -0.3 is 4.90 Å². The Balaban J connectivity index is 2.45. The Kier molecular flexibility index (Phi) is 6.40. The average Bonchev–Trinajstić information content (AvgIpc) is 2.79. The molecule has 0 N–H and O–H groups in total. The molecule has 0 amide bonds. The molecule has 0 aromatic carbocycles. The van der Waals surface area contributed by atoms with Gasteiger partial charge in [0.2, 0.25) is 0 Å². The van der Waals surface area contributed by atoms with E-state index in [1.54, 1.807) is 0 Å². The highest BCUT2D eigenvalue weighted by molar-refractivity contribution is 7.12. The third-order valence-corrected chi connectivity index (χ3v) is 3.48. The van der Waals surface area contributed by atoms with E-state index in [9.17, 15) is 4.79 Å². The van der Waals surface area contributed by atoms with E-state index in [0.29, 0.717) is 6.54 Å². The molecule has 1 aromatic rings. The third-order valence-electron chi connectivity index (χ3n) is 2.57. The average molecular weight is 254 g/mol. The lowest BCUT2D eigenvalue weighted by atomic mass is 10.3. The predicted octanol–water partition coefficient (Wildman–Crippen LogP) is 2.20. The standard InChI is InChI=1S/C13H22N2OS/c1-4-7-15(9-8-14(2)3)11-12(16)13-6-5-10-17-13/h5-6,10H,4,7-9,11H2,1-3H3. The summed E-state index contributed by atoms with van der Waals surface area (Å²) in [4.78, 5) is 17.3. The van der Waals surface area contributed by atoms with Crippen LogP contribution in [0.5, 0.6) is 0 Å². The zero-order chi connectivity index (χ0) is 12.7. The molecule has 1 aromatic heterocycles. The van der Waals surface area contributed by atoms with Gasteiger partial charge in [-0.1, -0.05) is 13.0 Å². The van der Waals surface area contributed by atoms with E-state index in [0.717, 1.165) is 30.9 Å². The number of carbonyl (C=O) groups is 1. The number of carbonyl (C=O) groups excluding carboxylic acids is 1. The molecule has 0 aliphatic rings. The molecule has 96 valence electrons. The zero-order valence-corrected chi connectivity index (χ0v) is 11.8. The van der Waals surface area contributed by atoms with Gasteiger partial charge >= 0.3 is 0 Å². The van der Waals surface area contributed by atoms with Crippen molar-refractivity contribution in [2.24, 2.45) is 0 Å². The Labute approximate surface area is 108 Å². The van der Waals surface area contributed by atoms with Gasteiger partial charge in [-0.2, -0.15) is 0 Å². The van der Waals surface area contributed by atoms with Crippen LogP contribution in [0.4, 0.5) is 0 Å². The van der Waals surface area contributed by atoms with Crippen molar-refractivity contribution in [1.82, 2.24) is 9.80 Å². The Morgan fingerprint density at radius 3 is 2.59 bits per heavy atom. The van der Waals surface area contributed by atoms with Gasteiger partial charge in [0, 0.05) is 13.1 Å². The molecule has 0 bridgehead atoms. The summed E-state index contributed by atoms with van der Waals surface area (Å²) < 4.78 is 0. The summed E-state index contributed by atoms with van der Waals surface area (Å²) in [6, 6.07) is 3.84. The van der Waals surface area contributed by atoms with Crippen LogP contribution in [-0.2, 0) is 0 Å². The lowest BCUT2D eigenvalue weighted by Gasteiger charge is -2.22. The van der Waals surface area contributed by atoms with Gasteiger partial charge in [-0.15, -0.1) is 11.3 Å². The molecule has 17 heavy (non-hydrogen) atoms. The third kappa shape index (κ3) is 5.44. The van der Waals surface area contributed by atoms with Crippen molar-refractivity contribution < 1.29 is 4.79 Å². The number of likely N-dealkylation sites (N-methyl/N-ethyl adjacent to an activating group) is 1. The van der Waals surface area contributed by atoms with Gasteiger partial charge in [-0.3, -0.25) is 9.69 Å². The number of thiophene rings is 1.